The Morgan fingerprint density at radius 1 is 1.20 bits per heavy atom. The summed E-state index contributed by atoms with van der Waals surface area (Å²) < 4.78 is 0.917. The Bertz CT molecular complexity index is 422. The van der Waals surface area contributed by atoms with E-state index in [0.29, 0.717) is 0 Å². The molecule has 0 aromatic carbocycles. The van der Waals surface area contributed by atoms with Gasteiger partial charge in [0.1, 0.15) is 16.2 Å². The maximum atomic E-state index is 4.74. The zero-order valence-electron chi connectivity index (χ0n) is 12.7. The van der Waals surface area contributed by atoms with Crippen LogP contribution in [0.2, 0.25) is 0 Å². The van der Waals surface area contributed by atoms with Gasteiger partial charge in [-0.15, -0.1) is 0 Å². The molecule has 0 radical (unpaired) electrons. The Hall–Kier alpha value is -0.640. The number of aromatic nitrogens is 2. The molecule has 1 atom stereocenters. The molecular formula is C16H26BrN3. The highest BCUT2D eigenvalue weighted by Crippen LogP contribution is 2.25. The average molecular weight is 340 g/mol. The average Bonchev–Trinajstić information content (AvgIpc) is 2.65. The zero-order valence-corrected chi connectivity index (χ0v) is 14.3. The van der Waals surface area contributed by atoms with Gasteiger partial charge in [-0.3, -0.25) is 0 Å². The number of rotatable bonds is 5. The van der Waals surface area contributed by atoms with Crippen LogP contribution in [0.4, 0.5) is 5.82 Å². The number of nitrogens with zero attached hydrogens (tertiary/aromatic N) is 3. The topological polar surface area (TPSA) is 29.0 Å². The largest absolute Gasteiger partial charge is 0.356 e. The monoisotopic (exact) mass is 339 g/mol. The summed E-state index contributed by atoms with van der Waals surface area (Å²) in [5, 5.41) is 0. The van der Waals surface area contributed by atoms with E-state index in [2.05, 4.69) is 45.7 Å². The fourth-order valence-electron chi connectivity index (χ4n) is 3.04. The Balaban J connectivity index is 2.07. The standard InChI is InChI=1S/C16H26BrN3/c1-3-6-13-8-5-10-20(11-9-13)16-12-14(17)18-15(19-16)7-4-2/h12-13H,3-11H2,1-2H3. The Morgan fingerprint density at radius 2 is 2.05 bits per heavy atom. The first-order valence-electron chi connectivity index (χ1n) is 8.01. The molecule has 1 fully saturated rings. The summed E-state index contributed by atoms with van der Waals surface area (Å²) in [5.41, 5.74) is 0. The van der Waals surface area contributed by atoms with Crippen LogP contribution >= 0.6 is 15.9 Å². The van der Waals surface area contributed by atoms with Crippen molar-refractivity contribution in [3.05, 3.63) is 16.5 Å². The predicted molar refractivity (Wildman–Crippen MR) is 88.2 cm³/mol. The lowest BCUT2D eigenvalue weighted by Crippen LogP contribution is -2.25. The molecule has 20 heavy (non-hydrogen) atoms. The molecule has 3 nitrogen and oxygen atoms in total. The third-order valence-corrected chi connectivity index (χ3v) is 4.48. The summed E-state index contributed by atoms with van der Waals surface area (Å²) in [6.45, 7) is 6.74. The highest BCUT2D eigenvalue weighted by Gasteiger charge is 2.18. The number of aryl methyl sites for hydroxylation is 1. The maximum Gasteiger partial charge on any atom is 0.133 e. The van der Waals surface area contributed by atoms with Gasteiger partial charge in [0.05, 0.1) is 0 Å². The van der Waals surface area contributed by atoms with Gasteiger partial charge in [-0.2, -0.15) is 0 Å². The smallest absolute Gasteiger partial charge is 0.133 e. The van der Waals surface area contributed by atoms with E-state index in [1.807, 2.05) is 0 Å². The van der Waals surface area contributed by atoms with Crippen molar-refractivity contribution in [3.63, 3.8) is 0 Å². The summed E-state index contributed by atoms with van der Waals surface area (Å²) >= 11 is 3.53. The number of hydrogen-bond acceptors (Lipinski definition) is 3. The van der Waals surface area contributed by atoms with E-state index < -0.39 is 0 Å². The Labute approximate surface area is 131 Å². The molecule has 2 heterocycles. The maximum absolute atomic E-state index is 4.74. The Morgan fingerprint density at radius 3 is 2.80 bits per heavy atom. The minimum atomic E-state index is 0.908. The van der Waals surface area contributed by atoms with Crippen molar-refractivity contribution >= 4 is 21.7 Å². The third kappa shape index (κ3) is 4.44. The third-order valence-electron chi connectivity index (χ3n) is 4.07. The molecule has 112 valence electrons. The second-order valence-electron chi connectivity index (χ2n) is 5.79. The highest BCUT2D eigenvalue weighted by molar-refractivity contribution is 9.10. The van der Waals surface area contributed by atoms with Crippen LogP contribution in [-0.2, 0) is 6.42 Å². The van der Waals surface area contributed by atoms with Crippen molar-refractivity contribution in [2.24, 2.45) is 5.92 Å². The second-order valence-corrected chi connectivity index (χ2v) is 6.60. The van der Waals surface area contributed by atoms with Crippen LogP contribution in [0, 0.1) is 5.92 Å². The molecule has 1 aliphatic rings. The van der Waals surface area contributed by atoms with E-state index in [4.69, 9.17) is 4.98 Å². The molecule has 4 heteroatoms. The lowest BCUT2D eigenvalue weighted by Gasteiger charge is -2.22. The molecule has 1 aromatic rings. The highest BCUT2D eigenvalue weighted by atomic mass is 79.9. The van der Waals surface area contributed by atoms with Gasteiger partial charge in [0.2, 0.25) is 0 Å². The summed E-state index contributed by atoms with van der Waals surface area (Å²) in [6, 6.07) is 2.07. The van der Waals surface area contributed by atoms with Crippen LogP contribution in [0.1, 0.15) is 58.2 Å². The van der Waals surface area contributed by atoms with E-state index in [1.54, 1.807) is 0 Å². The molecule has 0 aliphatic carbocycles. The minimum absolute atomic E-state index is 0.908. The summed E-state index contributed by atoms with van der Waals surface area (Å²) in [4.78, 5) is 11.7. The molecule has 0 bridgehead atoms. The summed E-state index contributed by atoms with van der Waals surface area (Å²) in [5.74, 6) is 2.98. The van der Waals surface area contributed by atoms with Gasteiger partial charge in [0, 0.05) is 25.6 Å². The van der Waals surface area contributed by atoms with Gasteiger partial charge >= 0.3 is 0 Å². The van der Waals surface area contributed by atoms with Crippen LogP contribution in [0.15, 0.2) is 10.7 Å². The van der Waals surface area contributed by atoms with E-state index in [1.165, 1.54) is 32.1 Å². The molecule has 0 spiro atoms. The molecule has 1 unspecified atom stereocenters. The van der Waals surface area contributed by atoms with Crippen molar-refractivity contribution in [2.45, 2.75) is 58.8 Å². The van der Waals surface area contributed by atoms with Crippen molar-refractivity contribution in [1.29, 1.82) is 0 Å². The summed E-state index contributed by atoms with van der Waals surface area (Å²) in [7, 11) is 0. The van der Waals surface area contributed by atoms with Gasteiger partial charge in [0.15, 0.2) is 0 Å². The van der Waals surface area contributed by atoms with Gasteiger partial charge in [0.25, 0.3) is 0 Å². The molecular weight excluding hydrogens is 314 g/mol. The van der Waals surface area contributed by atoms with Crippen LogP contribution in [0.25, 0.3) is 0 Å². The first-order valence-corrected chi connectivity index (χ1v) is 8.80. The van der Waals surface area contributed by atoms with Gasteiger partial charge in [-0.25, -0.2) is 9.97 Å². The molecule has 1 saturated heterocycles. The predicted octanol–water partition coefficient (Wildman–Crippen LogP) is 4.60. The lowest BCUT2D eigenvalue weighted by atomic mass is 9.96. The molecule has 0 amide bonds. The molecule has 0 N–H and O–H groups in total. The number of anilines is 1. The fraction of sp³-hybridized carbons (Fsp3) is 0.750. The van der Waals surface area contributed by atoms with Gasteiger partial charge in [-0.1, -0.05) is 26.7 Å². The molecule has 2 rings (SSSR count). The quantitative estimate of drug-likeness (QED) is 0.734. The lowest BCUT2D eigenvalue weighted by molar-refractivity contribution is 0.435. The number of halogens is 1. The number of hydrogen-bond donors (Lipinski definition) is 0. The van der Waals surface area contributed by atoms with Crippen molar-refractivity contribution < 1.29 is 0 Å². The second kappa shape index (κ2) is 7.96. The Kier molecular flexibility index (Phi) is 6.27. The van der Waals surface area contributed by atoms with Crippen LogP contribution in [0.3, 0.4) is 0 Å². The molecule has 0 saturated carbocycles. The minimum Gasteiger partial charge on any atom is -0.356 e. The van der Waals surface area contributed by atoms with E-state index in [-0.39, 0.29) is 0 Å². The van der Waals surface area contributed by atoms with E-state index >= 15 is 0 Å². The van der Waals surface area contributed by atoms with Crippen molar-refractivity contribution in [3.8, 4) is 0 Å². The SMILES string of the molecule is CCCc1nc(Br)cc(N2CCCC(CCC)CC2)n1. The summed E-state index contributed by atoms with van der Waals surface area (Å²) in [6.07, 6.45) is 8.70. The zero-order chi connectivity index (χ0) is 14.4. The van der Waals surface area contributed by atoms with Crippen LogP contribution in [-0.4, -0.2) is 23.1 Å². The molecule has 1 aromatic heterocycles. The van der Waals surface area contributed by atoms with Crippen molar-refractivity contribution in [2.75, 3.05) is 18.0 Å². The molecule has 1 aliphatic heterocycles. The first kappa shape index (κ1) is 15.7. The first-order chi connectivity index (χ1) is 9.72. The van der Waals surface area contributed by atoms with Crippen LogP contribution in [0.5, 0.6) is 0 Å². The van der Waals surface area contributed by atoms with Gasteiger partial charge in [-0.05, 0) is 47.5 Å². The van der Waals surface area contributed by atoms with Crippen LogP contribution < -0.4 is 4.90 Å². The normalized spacial score (nSPS) is 19.9. The van der Waals surface area contributed by atoms with E-state index in [0.717, 1.165) is 48.1 Å². The fourth-order valence-corrected chi connectivity index (χ4v) is 3.45. The van der Waals surface area contributed by atoms with E-state index in [9.17, 15) is 0 Å². The van der Waals surface area contributed by atoms with Crippen molar-refractivity contribution in [1.82, 2.24) is 9.97 Å². The van der Waals surface area contributed by atoms with Gasteiger partial charge < -0.3 is 4.90 Å².